The lowest BCUT2D eigenvalue weighted by Crippen LogP contribution is -2.23. The number of rotatable bonds is 4. The summed E-state index contributed by atoms with van der Waals surface area (Å²) in [7, 11) is 3.38. The number of hydrogen-bond donors (Lipinski definition) is 1. The van der Waals surface area contributed by atoms with Crippen molar-refractivity contribution in [3.05, 3.63) is 53.2 Å². The largest absolute Gasteiger partial charge is 0.364 e. The summed E-state index contributed by atoms with van der Waals surface area (Å²) in [6, 6.07) is 11.6. The Morgan fingerprint density at radius 3 is 2.50 bits per heavy atom. The van der Waals surface area contributed by atoms with Gasteiger partial charge in [0.05, 0.1) is 0 Å². The highest BCUT2D eigenvalue weighted by molar-refractivity contribution is 5.91. The minimum absolute atomic E-state index is 0.150. The first-order valence-corrected chi connectivity index (χ1v) is 6.41. The van der Waals surface area contributed by atoms with Crippen molar-refractivity contribution in [1.82, 2.24) is 15.1 Å². The molecule has 1 amide bonds. The predicted molar refractivity (Wildman–Crippen MR) is 78.6 cm³/mol. The molecular weight excluding hydrogens is 252 g/mol. The summed E-state index contributed by atoms with van der Waals surface area (Å²) < 4.78 is 0. The van der Waals surface area contributed by atoms with Crippen molar-refractivity contribution in [3.63, 3.8) is 0 Å². The fourth-order valence-corrected chi connectivity index (χ4v) is 1.76. The van der Waals surface area contributed by atoms with Crippen LogP contribution in [0.3, 0.4) is 0 Å². The summed E-state index contributed by atoms with van der Waals surface area (Å²) in [6.45, 7) is 2.75. The zero-order valence-electron chi connectivity index (χ0n) is 11.9. The van der Waals surface area contributed by atoms with Crippen molar-refractivity contribution in [2.75, 3.05) is 19.4 Å². The van der Waals surface area contributed by atoms with E-state index >= 15 is 0 Å². The molecule has 0 atom stereocenters. The topological polar surface area (TPSA) is 58.1 Å². The quantitative estimate of drug-likeness (QED) is 0.924. The molecule has 0 bridgehead atoms. The minimum Gasteiger partial charge on any atom is -0.364 e. The average molecular weight is 270 g/mol. The SMILES string of the molecule is Cc1ccccc1CNc1ccc(C(=O)N(C)C)nn1. The van der Waals surface area contributed by atoms with Gasteiger partial charge in [0, 0.05) is 20.6 Å². The molecule has 0 spiro atoms. The third-order valence-electron chi connectivity index (χ3n) is 3.01. The Morgan fingerprint density at radius 1 is 1.15 bits per heavy atom. The van der Waals surface area contributed by atoms with Crippen LogP contribution in [0.15, 0.2) is 36.4 Å². The van der Waals surface area contributed by atoms with Gasteiger partial charge in [-0.05, 0) is 30.2 Å². The summed E-state index contributed by atoms with van der Waals surface area (Å²) >= 11 is 0. The number of aromatic nitrogens is 2. The lowest BCUT2D eigenvalue weighted by Gasteiger charge is -2.10. The van der Waals surface area contributed by atoms with Crippen LogP contribution >= 0.6 is 0 Å². The van der Waals surface area contributed by atoms with Gasteiger partial charge < -0.3 is 10.2 Å². The van der Waals surface area contributed by atoms with Crippen LogP contribution in [0, 0.1) is 6.92 Å². The maximum Gasteiger partial charge on any atom is 0.273 e. The van der Waals surface area contributed by atoms with Crippen LogP contribution in [-0.2, 0) is 6.54 Å². The van der Waals surface area contributed by atoms with Crippen LogP contribution in [0.4, 0.5) is 5.82 Å². The van der Waals surface area contributed by atoms with E-state index in [2.05, 4.69) is 34.6 Å². The second kappa shape index (κ2) is 6.14. The van der Waals surface area contributed by atoms with Gasteiger partial charge in [-0.1, -0.05) is 24.3 Å². The van der Waals surface area contributed by atoms with E-state index in [1.54, 1.807) is 26.2 Å². The molecule has 1 aromatic carbocycles. The molecule has 0 fully saturated rings. The molecular formula is C15H18N4O. The fourth-order valence-electron chi connectivity index (χ4n) is 1.76. The molecule has 2 rings (SSSR count). The monoisotopic (exact) mass is 270 g/mol. The van der Waals surface area contributed by atoms with Crippen molar-refractivity contribution >= 4 is 11.7 Å². The van der Waals surface area contributed by atoms with E-state index in [-0.39, 0.29) is 5.91 Å². The van der Waals surface area contributed by atoms with E-state index in [1.165, 1.54) is 16.0 Å². The standard InChI is InChI=1S/C15H18N4O/c1-11-6-4-5-7-12(11)10-16-14-9-8-13(17-18-14)15(20)19(2)3/h4-9H,10H2,1-3H3,(H,16,18). The van der Waals surface area contributed by atoms with Gasteiger partial charge in [-0.3, -0.25) is 4.79 Å². The molecule has 1 heterocycles. The van der Waals surface area contributed by atoms with Gasteiger partial charge in [-0.15, -0.1) is 10.2 Å². The third kappa shape index (κ3) is 3.32. The second-order valence-corrected chi connectivity index (χ2v) is 4.78. The number of aryl methyl sites for hydroxylation is 1. The van der Waals surface area contributed by atoms with Crippen molar-refractivity contribution in [2.45, 2.75) is 13.5 Å². The number of carbonyl (C=O) groups is 1. The van der Waals surface area contributed by atoms with Gasteiger partial charge in [0.2, 0.25) is 0 Å². The Labute approximate surface area is 118 Å². The van der Waals surface area contributed by atoms with Gasteiger partial charge in [0.15, 0.2) is 5.69 Å². The lowest BCUT2D eigenvalue weighted by atomic mass is 10.1. The molecule has 0 aliphatic carbocycles. The van der Waals surface area contributed by atoms with Gasteiger partial charge in [0.25, 0.3) is 5.91 Å². The highest BCUT2D eigenvalue weighted by atomic mass is 16.2. The van der Waals surface area contributed by atoms with Crippen LogP contribution < -0.4 is 5.32 Å². The first-order valence-electron chi connectivity index (χ1n) is 6.41. The average Bonchev–Trinajstić information content (AvgIpc) is 2.46. The Bertz CT molecular complexity index is 593. The van der Waals surface area contributed by atoms with Crippen LogP contribution in [0.2, 0.25) is 0 Å². The predicted octanol–water partition coefficient (Wildman–Crippen LogP) is 2.10. The number of nitrogens with zero attached hydrogens (tertiary/aromatic N) is 3. The van der Waals surface area contributed by atoms with E-state index in [1.807, 2.05) is 12.1 Å². The summed E-state index contributed by atoms with van der Waals surface area (Å²) in [4.78, 5) is 13.2. The number of amides is 1. The Morgan fingerprint density at radius 2 is 1.90 bits per heavy atom. The summed E-state index contributed by atoms with van der Waals surface area (Å²) in [5.74, 6) is 0.506. The smallest absolute Gasteiger partial charge is 0.273 e. The number of carbonyl (C=O) groups excluding carboxylic acids is 1. The van der Waals surface area contributed by atoms with Gasteiger partial charge in [-0.25, -0.2) is 0 Å². The molecule has 2 aromatic rings. The molecule has 1 aromatic heterocycles. The highest BCUT2D eigenvalue weighted by Gasteiger charge is 2.09. The van der Waals surface area contributed by atoms with Crippen molar-refractivity contribution in [2.24, 2.45) is 0 Å². The van der Waals surface area contributed by atoms with Gasteiger partial charge >= 0.3 is 0 Å². The Balaban J connectivity index is 2.01. The first kappa shape index (κ1) is 14.0. The van der Waals surface area contributed by atoms with Crippen molar-refractivity contribution in [1.29, 1.82) is 0 Å². The second-order valence-electron chi connectivity index (χ2n) is 4.78. The molecule has 20 heavy (non-hydrogen) atoms. The lowest BCUT2D eigenvalue weighted by molar-refractivity contribution is 0.0821. The summed E-state index contributed by atoms with van der Waals surface area (Å²) in [5, 5.41) is 11.1. The molecule has 5 nitrogen and oxygen atoms in total. The molecule has 0 saturated heterocycles. The first-order chi connectivity index (χ1) is 9.58. The fraction of sp³-hybridized carbons (Fsp3) is 0.267. The summed E-state index contributed by atoms with van der Waals surface area (Å²) in [5.41, 5.74) is 2.78. The molecule has 0 aliphatic heterocycles. The summed E-state index contributed by atoms with van der Waals surface area (Å²) in [6.07, 6.45) is 0. The molecule has 0 unspecified atom stereocenters. The van der Waals surface area contributed by atoms with E-state index in [4.69, 9.17) is 0 Å². The molecule has 1 N–H and O–H groups in total. The molecule has 0 saturated carbocycles. The zero-order valence-corrected chi connectivity index (χ0v) is 11.9. The van der Waals surface area contributed by atoms with E-state index < -0.39 is 0 Å². The maximum absolute atomic E-state index is 11.7. The van der Waals surface area contributed by atoms with Crippen LogP contribution in [0.1, 0.15) is 21.6 Å². The Hall–Kier alpha value is -2.43. The third-order valence-corrected chi connectivity index (χ3v) is 3.01. The number of benzene rings is 1. The van der Waals surface area contributed by atoms with Crippen molar-refractivity contribution < 1.29 is 4.79 Å². The molecule has 5 heteroatoms. The van der Waals surface area contributed by atoms with Gasteiger partial charge in [-0.2, -0.15) is 0 Å². The minimum atomic E-state index is -0.150. The highest BCUT2D eigenvalue weighted by Crippen LogP contribution is 2.10. The molecule has 104 valence electrons. The van der Waals surface area contributed by atoms with Gasteiger partial charge in [0.1, 0.15) is 5.82 Å². The maximum atomic E-state index is 11.7. The molecule has 0 radical (unpaired) electrons. The normalized spacial score (nSPS) is 10.2. The molecule has 0 aliphatic rings. The van der Waals surface area contributed by atoms with Crippen molar-refractivity contribution in [3.8, 4) is 0 Å². The Kier molecular flexibility index (Phi) is 4.30. The van der Waals surface area contributed by atoms with Crippen LogP contribution in [0.5, 0.6) is 0 Å². The number of nitrogens with one attached hydrogen (secondary N) is 1. The van der Waals surface area contributed by atoms with E-state index in [9.17, 15) is 4.79 Å². The number of anilines is 1. The number of hydrogen-bond acceptors (Lipinski definition) is 4. The zero-order chi connectivity index (χ0) is 14.5. The van der Waals surface area contributed by atoms with Crippen LogP contribution in [0.25, 0.3) is 0 Å². The van der Waals surface area contributed by atoms with Crippen LogP contribution in [-0.4, -0.2) is 35.1 Å². The van der Waals surface area contributed by atoms with E-state index in [0.29, 0.717) is 18.1 Å². The van der Waals surface area contributed by atoms with E-state index in [0.717, 1.165) is 0 Å².